The van der Waals surface area contributed by atoms with Crippen LogP contribution in [0.3, 0.4) is 0 Å². The predicted molar refractivity (Wildman–Crippen MR) is 116 cm³/mol. The lowest BCUT2D eigenvalue weighted by atomic mass is 9.79. The lowest BCUT2D eigenvalue weighted by Gasteiger charge is -2.45. The zero-order valence-electron chi connectivity index (χ0n) is 17.8. The molecule has 0 radical (unpaired) electrons. The maximum absolute atomic E-state index is 13.1. The summed E-state index contributed by atoms with van der Waals surface area (Å²) in [5.41, 5.74) is 4.15. The van der Waals surface area contributed by atoms with E-state index >= 15 is 0 Å². The quantitative estimate of drug-likeness (QED) is 0.648. The average molecular weight is 419 g/mol. The molecule has 2 aromatic carbocycles. The molecular formula is C24H25N3O4. The maximum atomic E-state index is 13.1. The van der Waals surface area contributed by atoms with E-state index in [4.69, 9.17) is 14.2 Å². The first kappa shape index (κ1) is 19.8. The summed E-state index contributed by atoms with van der Waals surface area (Å²) in [4.78, 5) is 23.6. The molecule has 1 aromatic heterocycles. The van der Waals surface area contributed by atoms with E-state index in [9.17, 15) is 4.79 Å². The molecule has 160 valence electrons. The molecule has 0 atom stereocenters. The number of methoxy groups -OCH3 is 2. The Balaban J connectivity index is 1.38. The van der Waals surface area contributed by atoms with Gasteiger partial charge in [-0.2, -0.15) is 0 Å². The molecule has 3 heterocycles. The molecule has 1 spiro atoms. The average Bonchev–Trinajstić information content (AvgIpc) is 2.83. The summed E-state index contributed by atoms with van der Waals surface area (Å²) in [5, 5.41) is 0. The summed E-state index contributed by atoms with van der Waals surface area (Å²) >= 11 is 0. The predicted octanol–water partition coefficient (Wildman–Crippen LogP) is 3.35. The number of nitrogens with zero attached hydrogens (tertiary/aromatic N) is 3. The maximum Gasteiger partial charge on any atom is 0.253 e. The fourth-order valence-electron chi connectivity index (χ4n) is 4.75. The van der Waals surface area contributed by atoms with Gasteiger partial charge in [0.25, 0.3) is 5.91 Å². The van der Waals surface area contributed by atoms with E-state index in [2.05, 4.69) is 16.0 Å². The van der Waals surface area contributed by atoms with E-state index in [1.165, 1.54) is 5.56 Å². The highest BCUT2D eigenvalue weighted by molar-refractivity contribution is 5.97. The number of aromatic nitrogens is 2. The Morgan fingerprint density at radius 1 is 1.00 bits per heavy atom. The lowest BCUT2D eigenvalue weighted by molar-refractivity contribution is -0.0936. The molecule has 1 amide bonds. The smallest absolute Gasteiger partial charge is 0.253 e. The lowest BCUT2D eigenvalue weighted by Crippen LogP contribution is -2.48. The van der Waals surface area contributed by atoms with Crippen LogP contribution >= 0.6 is 0 Å². The number of amides is 1. The largest absolute Gasteiger partial charge is 0.493 e. The molecule has 7 heteroatoms. The van der Waals surface area contributed by atoms with Crippen LogP contribution in [0.5, 0.6) is 11.5 Å². The Morgan fingerprint density at radius 3 is 2.45 bits per heavy atom. The summed E-state index contributed by atoms with van der Waals surface area (Å²) in [6.07, 6.45) is 5.63. The first-order valence-electron chi connectivity index (χ1n) is 10.5. The number of carbonyl (C=O) groups is 1. The van der Waals surface area contributed by atoms with Crippen molar-refractivity contribution in [1.82, 2.24) is 14.9 Å². The SMILES string of the molecule is COc1cc2c(cc1OC)C1(CCN(C(=O)c3ccc4nccnc4c3)CC1)OCC2. The van der Waals surface area contributed by atoms with Gasteiger partial charge >= 0.3 is 0 Å². The molecule has 7 nitrogen and oxygen atoms in total. The minimum absolute atomic E-state index is 0.0192. The van der Waals surface area contributed by atoms with Crippen LogP contribution in [0.1, 0.15) is 34.3 Å². The van der Waals surface area contributed by atoms with Crippen molar-refractivity contribution in [3.8, 4) is 11.5 Å². The van der Waals surface area contributed by atoms with Gasteiger partial charge in [0, 0.05) is 31.0 Å². The van der Waals surface area contributed by atoms with Gasteiger partial charge in [-0.25, -0.2) is 0 Å². The number of ether oxygens (including phenoxy) is 3. The summed E-state index contributed by atoms with van der Waals surface area (Å²) in [6.45, 7) is 1.93. The van der Waals surface area contributed by atoms with Crippen molar-refractivity contribution in [2.45, 2.75) is 24.9 Å². The van der Waals surface area contributed by atoms with Crippen molar-refractivity contribution in [2.24, 2.45) is 0 Å². The summed E-state index contributed by atoms with van der Waals surface area (Å²) < 4.78 is 17.4. The van der Waals surface area contributed by atoms with Gasteiger partial charge in [-0.3, -0.25) is 14.8 Å². The number of hydrogen-bond acceptors (Lipinski definition) is 6. The standard InChI is InChI=1S/C24H25N3O4/c1-29-21-14-16-5-12-31-24(18(16)15-22(21)30-2)6-10-27(11-7-24)23(28)17-3-4-19-20(13-17)26-9-8-25-19/h3-4,8-9,13-15H,5-7,10-12H2,1-2H3. The van der Waals surface area contributed by atoms with Crippen molar-refractivity contribution in [2.75, 3.05) is 33.9 Å². The van der Waals surface area contributed by atoms with Crippen LogP contribution in [0, 0.1) is 0 Å². The second-order valence-corrected chi connectivity index (χ2v) is 8.01. The molecule has 0 N–H and O–H groups in total. The molecule has 0 unspecified atom stereocenters. The van der Waals surface area contributed by atoms with Crippen LogP contribution in [-0.2, 0) is 16.8 Å². The second-order valence-electron chi connectivity index (χ2n) is 8.01. The zero-order valence-corrected chi connectivity index (χ0v) is 17.8. The third-order valence-corrected chi connectivity index (χ3v) is 6.42. The minimum Gasteiger partial charge on any atom is -0.493 e. The Morgan fingerprint density at radius 2 is 1.71 bits per heavy atom. The van der Waals surface area contributed by atoms with Crippen LogP contribution in [0.25, 0.3) is 11.0 Å². The number of carbonyl (C=O) groups excluding carboxylic acids is 1. The molecule has 1 fully saturated rings. The van der Waals surface area contributed by atoms with Crippen LogP contribution in [0.2, 0.25) is 0 Å². The van der Waals surface area contributed by atoms with E-state index in [1.54, 1.807) is 26.6 Å². The normalized spacial score (nSPS) is 17.4. The number of fused-ring (bicyclic) bond motifs is 3. The fourth-order valence-corrected chi connectivity index (χ4v) is 4.75. The molecule has 5 rings (SSSR count). The first-order valence-corrected chi connectivity index (χ1v) is 10.5. The highest BCUT2D eigenvalue weighted by Gasteiger charge is 2.42. The monoisotopic (exact) mass is 419 g/mol. The van der Waals surface area contributed by atoms with Gasteiger partial charge in [0.1, 0.15) is 0 Å². The van der Waals surface area contributed by atoms with Gasteiger partial charge in [0.2, 0.25) is 0 Å². The number of rotatable bonds is 3. The van der Waals surface area contributed by atoms with E-state index in [0.29, 0.717) is 31.0 Å². The molecule has 2 aliphatic rings. The number of hydrogen-bond donors (Lipinski definition) is 0. The molecule has 0 bridgehead atoms. The van der Waals surface area contributed by atoms with E-state index in [1.807, 2.05) is 29.2 Å². The van der Waals surface area contributed by atoms with Crippen LogP contribution in [-0.4, -0.2) is 54.7 Å². The molecule has 31 heavy (non-hydrogen) atoms. The number of benzene rings is 2. The van der Waals surface area contributed by atoms with Crippen molar-refractivity contribution in [1.29, 1.82) is 0 Å². The number of piperidine rings is 1. The van der Waals surface area contributed by atoms with Crippen LogP contribution < -0.4 is 9.47 Å². The highest BCUT2D eigenvalue weighted by Crippen LogP contribution is 2.45. The van der Waals surface area contributed by atoms with E-state index < -0.39 is 5.60 Å². The molecule has 0 aliphatic carbocycles. The van der Waals surface area contributed by atoms with Crippen molar-refractivity contribution >= 4 is 16.9 Å². The summed E-state index contributed by atoms with van der Waals surface area (Å²) in [7, 11) is 3.30. The summed E-state index contributed by atoms with van der Waals surface area (Å²) in [6, 6.07) is 9.60. The van der Waals surface area contributed by atoms with Gasteiger partial charge in [0.05, 0.1) is 37.5 Å². The molecule has 0 saturated carbocycles. The summed E-state index contributed by atoms with van der Waals surface area (Å²) in [5.74, 6) is 1.47. The fraction of sp³-hybridized carbons (Fsp3) is 0.375. The second kappa shape index (κ2) is 7.81. The highest BCUT2D eigenvalue weighted by atomic mass is 16.5. The Kier molecular flexibility index (Phi) is 4.98. The van der Waals surface area contributed by atoms with Gasteiger partial charge in [-0.05, 0) is 60.7 Å². The van der Waals surface area contributed by atoms with E-state index in [-0.39, 0.29) is 5.91 Å². The van der Waals surface area contributed by atoms with Gasteiger partial charge in [-0.15, -0.1) is 0 Å². The van der Waals surface area contributed by atoms with Crippen molar-refractivity contribution < 1.29 is 19.0 Å². The molecular weight excluding hydrogens is 394 g/mol. The van der Waals surface area contributed by atoms with Gasteiger partial charge in [0.15, 0.2) is 11.5 Å². The van der Waals surface area contributed by atoms with Crippen LogP contribution in [0.15, 0.2) is 42.7 Å². The Bertz CT molecular complexity index is 1140. The van der Waals surface area contributed by atoms with Crippen LogP contribution in [0.4, 0.5) is 0 Å². The minimum atomic E-state index is -0.390. The van der Waals surface area contributed by atoms with E-state index in [0.717, 1.165) is 41.6 Å². The Hall–Kier alpha value is -3.19. The third-order valence-electron chi connectivity index (χ3n) is 6.42. The first-order chi connectivity index (χ1) is 15.1. The zero-order chi connectivity index (χ0) is 21.4. The molecule has 1 saturated heterocycles. The third kappa shape index (κ3) is 3.39. The van der Waals surface area contributed by atoms with Crippen molar-refractivity contribution in [3.05, 3.63) is 59.4 Å². The van der Waals surface area contributed by atoms with Gasteiger partial charge in [-0.1, -0.05) is 0 Å². The Labute approximate surface area is 181 Å². The molecule has 2 aliphatic heterocycles. The number of likely N-dealkylation sites (tertiary alicyclic amines) is 1. The van der Waals surface area contributed by atoms with Crippen molar-refractivity contribution in [3.63, 3.8) is 0 Å². The molecule has 3 aromatic rings. The van der Waals surface area contributed by atoms with Gasteiger partial charge < -0.3 is 19.1 Å². The topological polar surface area (TPSA) is 73.8 Å².